The lowest BCUT2D eigenvalue weighted by Gasteiger charge is -2.08. The fraction of sp³-hybridized carbons (Fsp3) is 0.364. The lowest BCUT2D eigenvalue weighted by Crippen LogP contribution is -2.11. The molecule has 2 rings (SSSR count). The fourth-order valence-corrected chi connectivity index (χ4v) is 2.94. The number of carbonyl (C=O) groups excluding carboxylic acids is 2. The van der Waals surface area contributed by atoms with Crippen LogP contribution >= 0.6 is 23.2 Å². The number of hydrogen-bond donors (Lipinski definition) is 0. The van der Waals surface area contributed by atoms with Gasteiger partial charge in [0.05, 0.1) is 22.8 Å². The van der Waals surface area contributed by atoms with Crippen molar-refractivity contribution in [2.75, 3.05) is 6.61 Å². The first-order chi connectivity index (χ1) is 13.5. The van der Waals surface area contributed by atoms with Crippen LogP contribution in [-0.4, -0.2) is 18.5 Å². The minimum absolute atomic E-state index is 0.162. The largest absolute Gasteiger partial charge is 0.462 e. The number of carbonyl (C=O) groups is 2. The number of unbranched alkanes of at least 4 members (excludes halogenated alkanes) is 5. The minimum atomic E-state index is -0.630. The predicted octanol–water partition coefficient (Wildman–Crippen LogP) is 6.73. The van der Waals surface area contributed by atoms with Crippen molar-refractivity contribution in [1.82, 2.24) is 0 Å². The molecule has 2 aromatic rings. The van der Waals surface area contributed by atoms with Gasteiger partial charge in [-0.05, 0) is 36.8 Å². The Hall–Kier alpha value is -2.04. The summed E-state index contributed by atoms with van der Waals surface area (Å²) in [5.41, 5.74) is 0.530. The molecule has 0 N–H and O–H groups in total. The quantitative estimate of drug-likeness (QED) is 0.242. The Morgan fingerprint density at radius 2 is 1.54 bits per heavy atom. The molecule has 150 valence electrons. The highest BCUT2D eigenvalue weighted by molar-refractivity contribution is 6.34. The summed E-state index contributed by atoms with van der Waals surface area (Å²) in [5.74, 6) is -0.922. The molecule has 0 unspecified atom stereocenters. The molecule has 0 aliphatic rings. The van der Waals surface area contributed by atoms with Gasteiger partial charge in [0, 0.05) is 11.1 Å². The zero-order valence-electron chi connectivity index (χ0n) is 15.9. The number of hydrogen-bond acceptors (Lipinski definition) is 4. The van der Waals surface area contributed by atoms with Crippen LogP contribution in [0.1, 0.15) is 66.2 Å². The molecule has 2 aromatic carbocycles. The third kappa shape index (κ3) is 7.17. The zero-order chi connectivity index (χ0) is 20.4. The standard InChI is InChI=1S/C22H24Cl2O4/c1-2-3-4-5-6-7-13-27-21(25)16-9-8-10-17(14-16)22(26)28-20-15-18(23)11-12-19(20)24/h8-12,14-15H,2-7,13H2,1H3. The predicted molar refractivity (Wildman–Crippen MR) is 112 cm³/mol. The van der Waals surface area contributed by atoms with Crippen molar-refractivity contribution < 1.29 is 19.1 Å². The molecule has 0 amide bonds. The summed E-state index contributed by atoms with van der Waals surface area (Å²) in [6.07, 6.45) is 6.69. The van der Waals surface area contributed by atoms with Crippen LogP contribution in [0.5, 0.6) is 5.75 Å². The lowest BCUT2D eigenvalue weighted by atomic mass is 10.1. The van der Waals surface area contributed by atoms with Gasteiger partial charge in [-0.1, -0.05) is 68.3 Å². The molecule has 0 heterocycles. The van der Waals surface area contributed by atoms with Crippen molar-refractivity contribution in [2.24, 2.45) is 0 Å². The summed E-state index contributed by atoms with van der Waals surface area (Å²) in [4.78, 5) is 24.6. The van der Waals surface area contributed by atoms with E-state index in [1.54, 1.807) is 30.3 Å². The second kappa shape index (κ2) is 11.7. The summed E-state index contributed by atoms with van der Waals surface area (Å²) in [7, 11) is 0. The molecule has 0 saturated heterocycles. The Morgan fingerprint density at radius 3 is 2.29 bits per heavy atom. The Labute approximate surface area is 175 Å². The maximum Gasteiger partial charge on any atom is 0.343 e. The maximum absolute atomic E-state index is 12.4. The zero-order valence-corrected chi connectivity index (χ0v) is 17.4. The SMILES string of the molecule is CCCCCCCCOC(=O)c1cccc(C(=O)Oc2cc(Cl)ccc2Cl)c1. The average Bonchev–Trinajstić information content (AvgIpc) is 2.70. The van der Waals surface area contributed by atoms with Gasteiger partial charge < -0.3 is 9.47 Å². The molecule has 6 heteroatoms. The molecule has 28 heavy (non-hydrogen) atoms. The summed E-state index contributed by atoms with van der Waals surface area (Å²) in [5, 5.41) is 0.673. The van der Waals surface area contributed by atoms with Gasteiger partial charge in [-0.3, -0.25) is 0 Å². The Kier molecular flexibility index (Phi) is 9.32. The Balaban J connectivity index is 1.89. The van der Waals surface area contributed by atoms with E-state index < -0.39 is 11.9 Å². The molecule has 0 atom stereocenters. The second-order valence-corrected chi connectivity index (χ2v) is 7.29. The van der Waals surface area contributed by atoms with Gasteiger partial charge in [0.1, 0.15) is 0 Å². The topological polar surface area (TPSA) is 52.6 Å². The van der Waals surface area contributed by atoms with Gasteiger partial charge in [0.25, 0.3) is 0 Å². The van der Waals surface area contributed by atoms with Crippen molar-refractivity contribution in [3.05, 3.63) is 63.6 Å². The number of esters is 2. The summed E-state index contributed by atoms with van der Waals surface area (Å²) < 4.78 is 10.6. The van der Waals surface area contributed by atoms with Gasteiger partial charge in [0.15, 0.2) is 5.75 Å². The van der Waals surface area contributed by atoms with E-state index in [-0.39, 0.29) is 16.3 Å². The van der Waals surface area contributed by atoms with Crippen LogP contribution in [0.2, 0.25) is 10.0 Å². The van der Waals surface area contributed by atoms with Crippen LogP contribution in [-0.2, 0) is 4.74 Å². The summed E-state index contributed by atoms with van der Waals surface area (Å²) >= 11 is 11.9. The number of halogens is 2. The molecular weight excluding hydrogens is 399 g/mol. The van der Waals surface area contributed by atoms with Crippen molar-refractivity contribution in [3.63, 3.8) is 0 Å². The highest BCUT2D eigenvalue weighted by atomic mass is 35.5. The molecule has 0 radical (unpaired) electrons. The van der Waals surface area contributed by atoms with E-state index >= 15 is 0 Å². The first-order valence-corrected chi connectivity index (χ1v) is 10.2. The van der Waals surface area contributed by atoms with E-state index in [0.29, 0.717) is 17.2 Å². The third-order valence-electron chi connectivity index (χ3n) is 4.16. The van der Waals surface area contributed by atoms with E-state index in [1.165, 1.54) is 31.4 Å². The maximum atomic E-state index is 12.4. The first-order valence-electron chi connectivity index (χ1n) is 9.45. The molecule has 0 aromatic heterocycles. The molecule has 0 spiro atoms. The molecule has 0 fully saturated rings. The van der Waals surface area contributed by atoms with Gasteiger partial charge >= 0.3 is 11.9 Å². The van der Waals surface area contributed by atoms with Gasteiger partial charge in [-0.2, -0.15) is 0 Å². The van der Waals surface area contributed by atoms with Crippen LogP contribution in [0, 0.1) is 0 Å². The van der Waals surface area contributed by atoms with E-state index in [4.69, 9.17) is 32.7 Å². The summed E-state index contributed by atoms with van der Waals surface area (Å²) in [6.45, 7) is 2.55. The Bertz CT molecular complexity index is 805. The highest BCUT2D eigenvalue weighted by Crippen LogP contribution is 2.28. The van der Waals surface area contributed by atoms with E-state index in [2.05, 4.69) is 6.92 Å². The van der Waals surface area contributed by atoms with Gasteiger partial charge in [0.2, 0.25) is 0 Å². The van der Waals surface area contributed by atoms with E-state index in [0.717, 1.165) is 19.3 Å². The smallest absolute Gasteiger partial charge is 0.343 e. The lowest BCUT2D eigenvalue weighted by molar-refractivity contribution is 0.0497. The first kappa shape index (κ1) is 22.3. The highest BCUT2D eigenvalue weighted by Gasteiger charge is 2.15. The molecule has 0 bridgehead atoms. The molecule has 0 saturated carbocycles. The van der Waals surface area contributed by atoms with Crippen molar-refractivity contribution in [3.8, 4) is 5.75 Å². The van der Waals surface area contributed by atoms with Gasteiger partial charge in [-0.15, -0.1) is 0 Å². The van der Waals surface area contributed by atoms with Crippen molar-refractivity contribution in [1.29, 1.82) is 0 Å². The van der Waals surface area contributed by atoms with Crippen LogP contribution in [0.15, 0.2) is 42.5 Å². The minimum Gasteiger partial charge on any atom is -0.462 e. The van der Waals surface area contributed by atoms with Crippen LogP contribution in [0.25, 0.3) is 0 Å². The third-order valence-corrected chi connectivity index (χ3v) is 4.71. The monoisotopic (exact) mass is 422 g/mol. The van der Waals surface area contributed by atoms with Crippen LogP contribution in [0.4, 0.5) is 0 Å². The van der Waals surface area contributed by atoms with Crippen LogP contribution < -0.4 is 4.74 Å². The molecule has 0 aliphatic heterocycles. The molecular formula is C22H24Cl2O4. The van der Waals surface area contributed by atoms with Crippen molar-refractivity contribution in [2.45, 2.75) is 45.4 Å². The normalized spacial score (nSPS) is 10.5. The van der Waals surface area contributed by atoms with E-state index in [9.17, 15) is 9.59 Å². The molecule has 0 aliphatic carbocycles. The van der Waals surface area contributed by atoms with Gasteiger partial charge in [-0.25, -0.2) is 9.59 Å². The summed E-state index contributed by atoms with van der Waals surface area (Å²) in [6, 6.07) is 10.8. The number of ether oxygens (including phenoxy) is 2. The van der Waals surface area contributed by atoms with E-state index in [1.807, 2.05) is 0 Å². The number of benzene rings is 2. The number of rotatable bonds is 10. The Morgan fingerprint density at radius 1 is 0.857 bits per heavy atom. The second-order valence-electron chi connectivity index (χ2n) is 6.45. The molecule has 4 nitrogen and oxygen atoms in total. The fourth-order valence-electron chi connectivity index (χ4n) is 2.62. The van der Waals surface area contributed by atoms with Crippen LogP contribution in [0.3, 0.4) is 0 Å². The average molecular weight is 423 g/mol. The van der Waals surface area contributed by atoms with Crippen molar-refractivity contribution >= 4 is 35.1 Å².